The molecule has 0 aromatic heterocycles. The lowest BCUT2D eigenvalue weighted by atomic mass is 9.99. The summed E-state index contributed by atoms with van der Waals surface area (Å²) in [5.74, 6) is -2.08. The quantitative estimate of drug-likeness (QED) is 0.834. The van der Waals surface area contributed by atoms with Crippen molar-refractivity contribution >= 4 is 11.9 Å². The van der Waals surface area contributed by atoms with Gasteiger partial charge >= 0.3 is 5.97 Å². The average molecular weight is 281 g/mol. The minimum Gasteiger partial charge on any atom is -0.480 e. The second kappa shape index (κ2) is 7.62. The summed E-state index contributed by atoms with van der Waals surface area (Å²) in [5.41, 5.74) is 0.472. The van der Waals surface area contributed by atoms with E-state index >= 15 is 0 Å². The Balaban J connectivity index is 2.73. The number of nitrogens with zero attached hydrogens (tertiary/aromatic N) is 1. The zero-order valence-electron chi connectivity index (χ0n) is 11.8. The number of amides is 1. The average Bonchev–Trinajstić information content (AvgIpc) is 2.39. The van der Waals surface area contributed by atoms with E-state index in [4.69, 9.17) is 5.11 Å². The first-order valence-electron chi connectivity index (χ1n) is 6.69. The third kappa shape index (κ3) is 4.64. The highest BCUT2D eigenvalue weighted by atomic mass is 19.1. The van der Waals surface area contributed by atoms with Crippen LogP contribution in [0.15, 0.2) is 24.3 Å². The first kappa shape index (κ1) is 16.1. The lowest BCUT2D eigenvalue weighted by Gasteiger charge is -2.23. The Hall–Kier alpha value is -1.91. The Morgan fingerprint density at radius 2 is 2.00 bits per heavy atom. The maximum Gasteiger partial charge on any atom is 0.323 e. The highest BCUT2D eigenvalue weighted by Gasteiger charge is 2.22. The fraction of sp³-hybridized carbons (Fsp3) is 0.467. The lowest BCUT2D eigenvalue weighted by molar-refractivity contribution is -0.146. The van der Waals surface area contributed by atoms with Crippen LogP contribution in [0.3, 0.4) is 0 Å². The molecule has 1 aromatic rings. The largest absolute Gasteiger partial charge is 0.480 e. The molecule has 1 atom stereocenters. The standard InChI is InChI=1S/C15H20FNO3/c1-3-8-17(10-14(18)19)15(20)11(2)9-12-6-4-5-7-13(12)16/h4-7,11H,3,8-10H2,1-2H3,(H,18,19). The van der Waals surface area contributed by atoms with Crippen LogP contribution >= 0.6 is 0 Å². The highest BCUT2D eigenvalue weighted by Crippen LogP contribution is 2.15. The normalized spacial score (nSPS) is 11.9. The zero-order chi connectivity index (χ0) is 15.1. The fourth-order valence-corrected chi connectivity index (χ4v) is 2.09. The Kier molecular flexibility index (Phi) is 6.15. The number of carboxylic acid groups (broad SMARTS) is 1. The number of aliphatic carboxylic acids is 1. The predicted octanol–water partition coefficient (Wildman–Crippen LogP) is 2.33. The second-order valence-corrected chi connectivity index (χ2v) is 4.85. The van der Waals surface area contributed by atoms with Crippen LogP contribution in [0.2, 0.25) is 0 Å². The summed E-state index contributed by atoms with van der Waals surface area (Å²) in [6, 6.07) is 6.31. The third-order valence-electron chi connectivity index (χ3n) is 3.04. The molecule has 1 rings (SSSR count). The van der Waals surface area contributed by atoms with Gasteiger partial charge in [0.1, 0.15) is 12.4 Å². The molecule has 0 fully saturated rings. The molecule has 110 valence electrons. The molecule has 1 N–H and O–H groups in total. The van der Waals surface area contributed by atoms with E-state index in [2.05, 4.69) is 0 Å². The van der Waals surface area contributed by atoms with E-state index in [1.165, 1.54) is 11.0 Å². The van der Waals surface area contributed by atoms with Crippen LogP contribution in [0, 0.1) is 11.7 Å². The van der Waals surface area contributed by atoms with E-state index in [-0.39, 0.29) is 24.7 Å². The van der Waals surface area contributed by atoms with Crippen molar-refractivity contribution in [2.24, 2.45) is 5.92 Å². The van der Waals surface area contributed by atoms with Gasteiger partial charge in [0.25, 0.3) is 0 Å². The number of benzene rings is 1. The van der Waals surface area contributed by atoms with Gasteiger partial charge in [0.2, 0.25) is 5.91 Å². The molecule has 1 unspecified atom stereocenters. The van der Waals surface area contributed by atoms with Gasteiger partial charge in [-0.3, -0.25) is 9.59 Å². The summed E-state index contributed by atoms with van der Waals surface area (Å²) in [4.78, 5) is 24.3. The van der Waals surface area contributed by atoms with Crippen LogP contribution in [-0.4, -0.2) is 35.0 Å². The van der Waals surface area contributed by atoms with Crippen LogP contribution in [-0.2, 0) is 16.0 Å². The molecule has 0 saturated heterocycles. The fourth-order valence-electron chi connectivity index (χ4n) is 2.09. The molecule has 0 heterocycles. The molecule has 4 nitrogen and oxygen atoms in total. The SMILES string of the molecule is CCCN(CC(=O)O)C(=O)C(C)Cc1ccccc1F. The van der Waals surface area contributed by atoms with E-state index in [9.17, 15) is 14.0 Å². The maximum absolute atomic E-state index is 13.6. The molecule has 1 amide bonds. The Morgan fingerprint density at radius 1 is 1.35 bits per heavy atom. The Morgan fingerprint density at radius 3 is 2.55 bits per heavy atom. The van der Waals surface area contributed by atoms with Crippen molar-refractivity contribution in [3.63, 3.8) is 0 Å². The van der Waals surface area contributed by atoms with Gasteiger partial charge in [0.15, 0.2) is 0 Å². The van der Waals surface area contributed by atoms with Gasteiger partial charge in [-0.2, -0.15) is 0 Å². The summed E-state index contributed by atoms with van der Waals surface area (Å²) in [6.45, 7) is 3.66. The number of rotatable bonds is 7. The molecule has 0 aliphatic carbocycles. The lowest BCUT2D eigenvalue weighted by Crippen LogP contribution is -2.40. The van der Waals surface area contributed by atoms with Gasteiger partial charge in [-0.1, -0.05) is 32.0 Å². The van der Waals surface area contributed by atoms with E-state index in [1.54, 1.807) is 25.1 Å². The maximum atomic E-state index is 13.6. The molecule has 0 aliphatic heterocycles. The Bertz CT molecular complexity index is 476. The minimum absolute atomic E-state index is 0.252. The molecular weight excluding hydrogens is 261 g/mol. The number of halogens is 1. The van der Waals surface area contributed by atoms with Gasteiger partial charge in [-0.15, -0.1) is 0 Å². The van der Waals surface area contributed by atoms with Crippen molar-refractivity contribution < 1.29 is 19.1 Å². The summed E-state index contributed by atoms with van der Waals surface area (Å²) in [5, 5.41) is 8.82. The van der Waals surface area contributed by atoms with Crippen molar-refractivity contribution in [1.29, 1.82) is 0 Å². The molecule has 0 saturated carbocycles. The van der Waals surface area contributed by atoms with Crippen molar-refractivity contribution in [2.45, 2.75) is 26.7 Å². The van der Waals surface area contributed by atoms with Crippen molar-refractivity contribution in [3.05, 3.63) is 35.6 Å². The molecule has 0 radical (unpaired) electrons. The van der Waals surface area contributed by atoms with Crippen LogP contribution in [0.5, 0.6) is 0 Å². The van der Waals surface area contributed by atoms with E-state index in [1.807, 2.05) is 6.92 Å². The number of hydrogen-bond donors (Lipinski definition) is 1. The molecule has 1 aromatic carbocycles. The minimum atomic E-state index is -1.04. The smallest absolute Gasteiger partial charge is 0.323 e. The van der Waals surface area contributed by atoms with E-state index in [0.717, 1.165) is 0 Å². The summed E-state index contributed by atoms with van der Waals surface area (Å²) in [6.07, 6.45) is 0.955. The summed E-state index contributed by atoms with van der Waals surface area (Å²) < 4.78 is 13.6. The van der Waals surface area contributed by atoms with Crippen LogP contribution < -0.4 is 0 Å². The van der Waals surface area contributed by atoms with Crippen LogP contribution in [0.1, 0.15) is 25.8 Å². The van der Waals surface area contributed by atoms with Gasteiger partial charge in [-0.05, 0) is 24.5 Å². The zero-order valence-corrected chi connectivity index (χ0v) is 11.8. The van der Waals surface area contributed by atoms with Crippen LogP contribution in [0.4, 0.5) is 4.39 Å². The first-order valence-corrected chi connectivity index (χ1v) is 6.69. The molecular formula is C15H20FNO3. The first-order chi connectivity index (χ1) is 9.45. The van der Waals surface area contributed by atoms with Gasteiger partial charge in [-0.25, -0.2) is 4.39 Å². The van der Waals surface area contributed by atoms with Crippen molar-refractivity contribution in [2.75, 3.05) is 13.1 Å². The van der Waals surface area contributed by atoms with Gasteiger partial charge in [0, 0.05) is 12.5 Å². The summed E-state index contributed by atoms with van der Waals surface area (Å²) >= 11 is 0. The molecule has 0 aliphatic rings. The van der Waals surface area contributed by atoms with Crippen molar-refractivity contribution in [1.82, 2.24) is 4.90 Å². The van der Waals surface area contributed by atoms with Crippen LogP contribution in [0.25, 0.3) is 0 Å². The third-order valence-corrected chi connectivity index (χ3v) is 3.04. The number of carboxylic acids is 1. The molecule has 5 heteroatoms. The van der Waals surface area contributed by atoms with Gasteiger partial charge in [0.05, 0.1) is 0 Å². The number of carbonyl (C=O) groups excluding carboxylic acids is 1. The topological polar surface area (TPSA) is 57.6 Å². The number of carbonyl (C=O) groups is 2. The van der Waals surface area contributed by atoms with E-state index in [0.29, 0.717) is 18.5 Å². The second-order valence-electron chi connectivity index (χ2n) is 4.85. The monoisotopic (exact) mass is 281 g/mol. The Labute approximate surface area is 118 Å². The predicted molar refractivity (Wildman–Crippen MR) is 73.8 cm³/mol. The highest BCUT2D eigenvalue weighted by molar-refractivity contribution is 5.83. The van der Waals surface area contributed by atoms with E-state index < -0.39 is 11.9 Å². The molecule has 0 spiro atoms. The molecule has 0 bridgehead atoms. The number of hydrogen-bond acceptors (Lipinski definition) is 2. The summed E-state index contributed by atoms with van der Waals surface area (Å²) in [7, 11) is 0. The van der Waals surface area contributed by atoms with Crippen molar-refractivity contribution in [3.8, 4) is 0 Å². The van der Waals surface area contributed by atoms with Gasteiger partial charge < -0.3 is 10.0 Å². The molecule has 20 heavy (non-hydrogen) atoms.